The lowest BCUT2D eigenvalue weighted by molar-refractivity contribution is -0.185. The molecule has 0 aromatic rings. The Hall–Kier alpha value is -1.63. The number of carbonyl (C=O) groups excluding carboxylic acids is 3. The third kappa shape index (κ3) is 3.34. The van der Waals surface area contributed by atoms with Crippen LogP contribution in [0.2, 0.25) is 0 Å². The Kier molecular flexibility index (Phi) is 4.98. The Morgan fingerprint density at radius 3 is 2.35 bits per heavy atom. The highest BCUT2D eigenvalue weighted by molar-refractivity contribution is 6.02. The van der Waals surface area contributed by atoms with Crippen LogP contribution in [0.5, 0.6) is 0 Å². The molecule has 0 radical (unpaired) electrons. The van der Waals surface area contributed by atoms with Crippen LogP contribution in [0.25, 0.3) is 0 Å². The number of rotatable bonds is 4. The number of esters is 3. The summed E-state index contributed by atoms with van der Waals surface area (Å²) in [6, 6.07) is 0. The second-order valence-electron chi connectivity index (χ2n) is 6.48. The van der Waals surface area contributed by atoms with Crippen molar-refractivity contribution >= 4 is 17.9 Å². The third-order valence-electron chi connectivity index (χ3n) is 4.28. The Balaban J connectivity index is 2.39. The van der Waals surface area contributed by atoms with Crippen LogP contribution in [0.1, 0.15) is 40.5 Å². The minimum atomic E-state index is -1.28. The Morgan fingerprint density at radius 2 is 1.78 bits per heavy atom. The summed E-state index contributed by atoms with van der Waals surface area (Å²) in [6.07, 6.45) is 0.673. The van der Waals surface area contributed by atoms with Crippen molar-refractivity contribution < 1.29 is 33.3 Å². The van der Waals surface area contributed by atoms with Crippen molar-refractivity contribution in [1.29, 1.82) is 0 Å². The fraction of sp³-hybridized carbons (Fsp3) is 0.812. The van der Waals surface area contributed by atoms with Gasteiger partial charge in [-0.3, -0.25) is 14.4 Å². The fourth-order valence-electron chi connectivity index (χ4n) is 3.53. The standard InChI is InChI=1S/C16H24O7/c1-5-20-12(17)10-11(14(19)21-6-2)16(23-13(10)18)7-8-22-15(3,4)9-16/h10-11H,5-9H2,1-4H3/t10-,11+,16+/m1/s1. The molecule has 7 heteroatoms. The average Bonchev–Trinajstić information content (AvgIpc) is 2.69. The molecular formula is C16H24O7. The van der Waals surface area contributed by atoms with Gasteiger partial charge in [0, 0.05) is 12.8 Å². The molecule has 0 aliphatic carbocycles. The van der Waals surface area contributed by atoms with Gasteiger partial charge in [0.05, 0.1) is 25.4 Å². The quantitative estimate of drug-likeness (QED) is 0.436. The lowest BCUT2D eigenvalue weighted by atomic mass is 9.72. The lowest BCUT2D eigenvalue weighted by Crippen LogP contribution is -2.53. The van der Waals surface area contributed by atoms with Crippen molar-refractivity contribution in [1.82, 2.24) is 0 Å². The summed E-state index contributed by atoms with van der Waals surface area (Å²) < 4.78 is 21.3. The predicted octanol–water partition coefficient (Wildman–Crippen LogP) is 1.23. The van der Waals surface area contributed by atoms with E-state index in [4.69, 9.17) is 18.9 Å². The summed E-state index contributed by atoms with van der Waals surface area (Å²) in [5.41, 5.74) is -1.64. The zero-order chi connectivity index (χ0) is 17.3. The zero-order valence-corrected chi connectivity index (χ0v) is 14.0. The Bertz CT molecular complexity index is 499. The van der Waals surface area contributed by atoms with E-state index < -0.39 is 40.9 Å². The molecule has 2 aliphatic heterocycles. The molecule has 130 valence electrons. The molecule has 3 atom stereocenters. The molecule has 0 aromatic heterocycles. The topological polar surface area (TPSA) is 88.1 Å². The van der Waals surface area contributed by atoms with E-state index in [1.165, 1.54) is 0 Å². The van der Waals surface area contributed by atoms with Gasteiger partial charge in [-0.15, -0.1) is 0 Å². The second-order valence-corrected chi connectivity index (χ2v) is 6.48. The van der Waals surface area contributed by atoms with Crippen molar-refractivity contribution in [2.45, 2.75) is 51.7 Å². The van der Waals surface area contributed by atoms with Crippen molar-refractivity contribution in [3.63, 3.8) is 0 Å². The highest BCUT2D eigenvalue weighted by Crippen LogP contribution is 2.48. The van der Waals surface area contributed by atoms with E-state index in [1.807, 2.05) is 13.8 Å². The summed E-state index contributed by atoms with van der Waals surface area (Å²) in [7, 11) is 0. The van der Waals surface area contributed by atoms with Gasteiger partial charge in [0.25, 0.3) is 0 Å². The van der Waals surface area contributed by atoms with Crippen LogP contribution in [0, 0.1) is 11.8 Å². The molecule has 1 spiro atoms. The zero-order valence-electron chi connectivity index (χ0n) is 14.0. The molecular weight excluding hydrogens is 304 g/mol. The van der Waals surface area contributed by atoms with Gasteiger partial charge in [-0.2, -0.15) is 0 Å². The summed E-state index contributed by atoms with van der Waals surface area (Å²) in [6.45, 7) is 7.67. The van der Waals surface area contributed by atoms with Gasteiger partial charge >= 0.3 is 17.9 Å². The van der Waals surface area contributed by atoms with Crippen LogP contribution in [0.3, 0.4) is 0 Å². The molecule has 7 nitrogen and oxygen atoms in total. The molecule has 0 N–H and O–H groups in total. The van der Waals surface area contributed by atoms with Gasteiger partial charge < -0.3 is 18.9 Å². The summed E-state index contributed by atoms with van der Waals surface area (Å²) in [4.78, 5) is 37.0. The summed E-state index contributed by atoms with van der Waals surface area (Å²) in [5, 5.41) is 0. The minimum absolute atomic E-state index is 0.125. The van der Waals surface area contributed by atoms with Crippen LogP contribution >= 0.6 is 0 Å². The first-order valence-corrected chi connectivity index (χ1v) is 7.96. The number of hydrogen-bond donors (Lipinski definition) is 0. The molecule has 2 aliphatic rings. The molecule has 2 heterocycles. The number of hydrogen-bond acceptors (Lipinski definition) is 7. The predicted molar refractivity (Wildman–Crippen MR) is 78.3 cm³/mol. The maximum Gasteiger partial charge on any atom is 0.321 e. The SMILES string of the molecule is CCOC(=O)[C@@H]1C(=O)O[C@]2(CCOC(C)(C)C2)[C@@H]1C(=O)OCC. The van der Waals surface area contributed by atoms with Crippen molar-refractivity contribution in [2.75, 3.05) is 19.8 Å². The molecule has 23 heavy (non-hydrogen) atoms. The normalized spacial score (nSPS) is 32.4. The third-order valence-corrected chi connectivity index (χ3v) is 4.28. The molecule has 0 aromatic carbocycles. The van der Waals surface area contributed by atoms with Gasteiger partial charge in [-0.05, 0) is 27.7 Å². The van der Waals surface area contributed by atoms with E-state index in [0.717, 1.165) is 0 Å². The van der Waals surface area contributed by atoms with Crippen molar-refractivity contribution in [3.05, 3.63) is 0 Å². The lowest BCUT2D eigenvalue weighted by Gasteiger charge is -2.43. The first-order chi connectivity index (χ1) is 10.8. The summed E-state index contributed by atoms with van der Waals surface area (Å²) in [5.74, 6) is -4.34. The molecule has 0 bridgehead atoms. The van der Waals surface area contributed by atoms with Crippen molar-refractivity contribution in [2.24, 2.45) is 11.8 Å². The van der Waals surface area contributed by atoms with E-state index >= 15 is 0 Å². The first kappa shape index (κ1) is 17.7. The Labute approximate surface area is 135 Å². The number of ether oxygens (including phenoxy) is 4. The van der Waals surface area contributed by atoms with Crippen LogP contribution in [-0.4, -0.2) is 48.9 Å². The van der Waals surface area contributed by atoms with E-state index in [2.05, 4.69) is 0 Å². The largest absolute Gasteiger partial charge is 0.466 e. The molecule has 2 saturated heterocycles. The molecule has 0 unspecified atom stereocenters. The minimum Gasteiger partial charge on any atom is -0.466 e. The van der Waals surface area contributed by atoms with Crippen LogP contribution in [0.15, 0.2) is 0 Å². The molecule has 0 amide bonds. The van der Waals surface area contributed by atoms with E-state index in [0.29, 0.717) is 19.4 Å². The van der Waals surface area contributed by atoms with Gasteiger partial charge in [0.2, 0.25) is 0 Å². The maximum absolute atomic E-state index is 12.5. The van der Waals surface area contributed by atoms with Crippen molar-refractivity contribution in [3.8, 4) is 0 Å². The van der Waals surface area contributed by atoms with Gasteiger partial charge in [0.1, 0.15) is 11.5 Å². The highest BCUT2D eigenvalue weighted by Gasteiger charge is 2.65. The van der Waals surface area contributed by atoms with Crippen LogP contribution in [0.4, 0.5) is 0 Å². The summed E-state index contributed by atoms with van der Waals surface area (Å²) >= 11 is 0. The molecule has 2 rings (SSSR count). The maximum atomic E-state index is 12.5. The number of carbonyl (C=O) groups is 3. The fourth-order valence-corrected chi connectivity index (χ4v) is 3.53. The van der Waals surface area contributed by atoms with E-state index in [-0.39, 0.29) is 13.2 Å². The van der Waals surface area contributed by atoms with Crippen LogP contribution in [-0.2, 0) is 33.3 Å². The second kappa shape index (κ2) is 6.47. The smallest absolute Gasteiger partial charge is 0.321 e. The van der Waals surface area contributed by atoms with Gasteiger partial charge in [0.15, 0.2) is 5.92 Å². The highest BCUT2D eigenvalue weighted by atomic mass is 16.6. The first-order valence-electron chi connectivity index (χ1n) is 7.96. The molecule has 2 fully saturated rings. The van der Waals surface area contributed by atoms with Gasteiger partial charge in [-0.1, -0.05) is 0 Å². The van der Waals surface area contributed by atoms with Crippen LogP contribution < -0.4 is 0 Å². The molecule has 0 saturated carbocycles. The monoisotopic (exact) mass is 328 g/mol. The van der Waals surface area contributed by atoms with E-state index in [9.17, 15) is 14.4 Å². The van der Waals surface area contributed by atoms with Gasteiger partial charge in [-0.25, -0.2) is 0 Å². The average molecular weight is 328 g/mol. The van der Waals surface area contributed by atoms with E-state index in [1.54, 1.807) is 13.8 Å². The Morgan fingerprint density at radius 1 is 1.17 bits per heavy atom.